The van der Waals surface area contributed by atoms with E-state index in [4.69, 9.17) is 15.2 Å². The molecule has 1 aromatic carbocycles. The van der Waals surface area contributed by atoms with Crippen LogP contribution in [0, 0.1) is 0 Å². The van der Waals surface area contributed by atoms with Gasteiger partial charge in [0, 0.05) is 44.0 Å². The van der Waals surface area contributed by atoms with Gasteiger partial charge >= 0.3 is 6.09 Å². The van der Waals surface area contributed by atoms with Crippen molar-refractivity contribution >= 4 is 11.8 Å². The Morgan fingerprint density at radius 1 is 1.33 bits per heavy atom. The maximum absolute atomic E-state index is 12.1. The second kappa shape index (κ2) is 7.75. The number of nitrogens with zero attached hydrogens (tertiary/aromatic N) is 2. The van der Waals surface area contributed by atoms with E-state index in [1.165, 1.54) is 0 Å². The van der Waals surface area contributed by atoms with Crippen LogP contribution in [0.4, 0.5) is 10.5 Å². The molecule has 1 amide bonds. The molecule has 6 nitrogen and oxygen atoms in total. The van der Waals surface area contributed by atoms with E-state index in [1.807, 2.05) is 45.0 Å². The van der Waals surface area contributed by atoms with Gasteiger partial charge in [0.2, 0.25) is 0 Å². The number of rotatable bonds is 4. The van der Waals surface area contributed by atoms with Crippen molar-refractivity contribution in [3.05, 3.63) is 24.3 Å². The molecule has 6 heteroatoms. The predicted octanol–water partition coefficient (Wildman–Crippen LogP) is 2.59. The molecule has 1 atom stereocenters. The minimum atomic E-state index is -0.456. The molecule has 1 saturated heterocycles. The third-order valence-electron chi connectivity index (χ3n) is 3.92. The molecule has 0 aromatic heterocycles. The molecule has 0 unspecified atom stereocenters. The highest BCUT2D eigenvalue weighted by atomic mass is 16.6. The van der Waals surface area contributed by atoms with Crippen molar-refractivity contribution in [2.75, 3.05) is 38.5 Å². The van der Waals surface area contributed by atoms with E-state index in [0.717, 1.165) is 18.8 Å². The van der Waals surface area contributed by atoms with Crippen molar-refractivity contribution in [1.82, 2.24) is 9.80 Å². The summed E-state index contributed by atoms with van der Waals surface area (Å²) >= 11 is 0. The average molecular weight is 335 g/mol. The van der Waals surface area contributed by atoms with Crippen LogP contribution in [0.25, 0.3) is 0 Å². The Bertz CT molecular complexity index is 557. The number of carbonyl (C=O) groups excluding carboxylic acids is 1. The standard InChI is InChI=1S/C18H29N3O3/c1-14-13-21(17(22)24-18(2,3)4)9-8-20(14)10-11-23-16-7-5-6-15(19)12-16/h5-7,12,14H,8-11,13,19H2,1-4H3/t14-/m0/s1. The van der Waals surface area contributed by atoms with Gasteiger partial charge in [-0.2, -0.15) is 0 Å². The Labute approximate surface area is 144 Å². The topological polar surface area (TPSA) is 68.0 Å². The number of amides is 1. The first-order chi connectivity index (χ1) is 11.2. The van der Waals surface area contributed by atoms with E-state index in [9.17, 15) is 4.79 Å². The van der Waals surface area contributed by atoms with Gasteiger partial charge in [0.1, 0.15) is 18.0 Å². The van der Waals surface area contributed by atoms with E-state index in [2.05, 4.69) is 11.8 Å². The molecule has 0 radical (unpaired) electrons. The lowest BCUT2D eigenvalue weighted by Gasteiger charge is -2.40. The number of piperazine rings is 1. The van der Waals surface area contributed by atoms with Crippen LogP contribution in [0.2, 0.25) is 0 Å². The first-order valence-electron chi connectivity index (χ1n) is 8.45. The number of hydrogen-bond acceptors (Lipinski definition) is 5. The highest BCUT2D eigenvalue weighted by Crippen LogP contribution is 2.16. The number of hydrogen-bond donors (Lipinski definition) is 1. The number of anilines is 1. The minimum absolute atomic E-state index is 0.231. The molecule has 24 heavy (non-hydrogen) atoms. The number of benzene rings is 1. The lowest BCUT2D eigenvalue weighted by molar-refractivity contribution is 0.00431. The Balaban J connectivity index is 1.76. The molecule has 2 N–H and O–H groups in total. The monoisotopic (exact) mass is 335 g/mol. The van der Waals surface area contributed by atoms with Crippen LogP contribution >= 0.6 is 0 Å². The van der Waals surface area contributed by atoms with E-state index < -0.39 is 5.60 Å². The summed E-state index contributed by atoms with van der Waals surface area (Å²) in [5, 5.41) is 0. The number of ether oxygens (including phenoxy) is 2. The smallest absolute Gasteiger partial charge is 0.410 e. The lowest BCUT2D eigenvalue weighted by Crippen LogP contribution is -2.55. The van der Waals surface area contributed by atoms with Crippen LogP contribution in [0.3, 0.4) is 0 Å². The molecule has 1 aliphatic rings. The largest absolute Gasteiger partial charge is 0.492 e. The predicted molar refractivity (Wildman–Crippen MR) is 95.2 cm³/mol. The summed E-state index contributed by atoms with van der Waals surface area (Å²) in [4.78, 5) is 16.3. The third kappa shape index (κ3) is 5.60. The summed E-state index contributed by atoms with van der Waals surface area (Å²) in [5.74, 6) is 0.787. The molecular formula is C18H29N3O3. The quantitative estimate of drug-likeness (QED) is 0.857. The van der Waals surface area contributed by atoms with Gasteiger partial charge < -0.3 is 20.1 Å². The van der Waals surface area contributed by atoms with Crippen LogP contribution in [0.1, 0.15) is 27.7 Å². The molecule has 1 aliphatic heterocycles. The summed E-state index contributed by atoms with van der Waals surface area (Å²) in [7, 11) is 0. The second-order valence-electron chi connectivity index (χ2n) is 7.23. The molecule has 0 saturated carbocycles. The summed E-state index contributed by atoms with van der Waals surface area (Å²) in [6, 6.07) is 7.72. The molecule has 2 rings (SSSR count). The normalized spacial score (nSPS) is 19.2. The zero-order valence-corrected chi connectivity index (χ0v) is 15.1. The van der Waals surface area contributed by atoms with Gasteiger partial charge in [0.15, 0.2) is 0 Å². The van der Waals surface area contributed by atoms with Crippen molar-refractivity contribution in [1.29, 1.82) is 0 Å². The first-order valence-corrected chi connectivity index (χ1v) is 8.45. The molecule has 0 bridgehead atoms. The van der Waals surface area contributed by atoms with Crippen molar-refractivity contribution in [3.63, 3.8) is 0 Å². The average Bonchev–Trinajstić information content (AvgIpc) is 2.47. The van der Waals surface area contributed by atoms with Crippen molar-refractivity contribution in [3.8, 4) is 5.75 Å². The third-order valence-corrected chi connectivity index (χ3v) is 3.92. The Morgan fingerprint density at radius 3 is 2.71 bits per heavy atom. The van der Waals surface area contributed by atoms with Crippen LogP contribution in [-0.4, -0.2) is 60.3 Å². The molecule has 0 spiro atoms. The Hall–Kier alpha value is -1.95. The van der Waals surface area contributed by atoms with E-state index >= 15 is 0 Å². The molecule has 134 valence electrons. The van der Waals surface area contributed by atoms with Crippen molar-refractivity contribution in [2.24, 2.45) is 0 Å². The number of carbonyl (C=O) groups is 1. The van der Waals surface area contributed by atoms with Gasteiger partial charge in [-0.1, -0.05) is 6.07 Å². The highest BCUT2D eigenvalue weighted by molar-refractivity contribution is 5.68. The molecule has 1 aromatic rings. The SMILES string of the molecule is C[C@H]1CN(C(=O)OC(C)(C)C)CCN1CCOc1cccc(N)c1. The van der Waals surface area contributed by atoms with E-state index in [1.54, 1.807) is 4.90 Å². The van der Waals surface area contributed by atoms with Crippen LogP contribution in [0.5, 0.6) is 5.75 Å². The zero-order valence-electron chi connectivity index (χ0n) is 15.1. The van der Waals surface area contributed by atoms with Gasteiger partial charge in [-0.15, -0.1) is 0 Å². The highest BCUT2D eigenvalue weighted by Gasteiger charge is 2.29. The van der Waals surface area contributed by atoms with Gasteiger partial charge in [0.05, 0.1) is 0 Å². The van der Waals surface area contributed by atoms with E-state index in [0.29, 0.717) is 25.4 Å². The second-order valence-corrected chi connectivity index (χ2v) is 7.23. The molecular weight excluding hydrogens is 306 g/mol. The maximum atomic E-state index is 12.1. The Morgan fingerprint density at radius 2 is 2.08 bits per heavy atom. The lowest BCUT2D eigenvalue weighted by atomic mass is 10.2. The molecule has 0 aliphatic carbocycles. The summed E-state index contributed by atoms with van der Waals surface area (Å²) in [5.41, 5.74) is 5.99. The summed E-state index contributed by atoms with van der Waals surface area (Å²) < 4.78 is 11.2. The fraction of sp³-hybridized carbons (Fsp3) is 0.611. The van der Waals surface area contributed by atoms with Gasteiger partial charge in [-0.05, 0) is 39.8 Å². The van der Waals surface area contributed by atoms with Crippen LogP contribution in [0.15, 0.2) is 24.3 Å². The fourth-order valence-corrected chi connectivity index (χ4v) is 2.70. The zero-order chi connectivity index (χ0) is 17.7. The maximum Gasteiger partial charge on any atom is 0.410 e. The minimum Gasteiger partial charge on any atom is -0.492 e. The van der Waals surface area contributed by atoms with Gasteiger partial charge in [0.25, 0.3) is 0 Å². The molecule has 1 fully saturated rings. The fourth-order valence-electron chi connectivity index (χ4n) is 2.70. The summed E-state index contributed by atoms with van der Waals surface area (Å²) in [6.07, 6.45) is -0.231. The summed E-state index contributed by atoms with van der Waals surface area (Å²) in [6.45, 7) is 11.4. The van der Waals surface area contributed by atoms with Crippen LogP contribution in [-0.2, 0) is 4.74 Å². The van der Waals surface area contributed by atoms with Gasteiger partial charge in [-0.3, -0.25) is 4.90 Å². The first kappa shape index (κ1) is 18.4. The number of nitrogen functional groups attached to an aromatic ring is 1. The van der Waals surface area contributed by atoms with E-state index in [-0.39, 0.29) is 12.1 Å². The van der Waals surface area contributed by atoms with Crippen LogP contribution < -0.4 is 10.5 Å². The van der Waals surface area contributed by atoms with Crippen molar-refractivity contribution < 1.29 is 14.3 Å². The number of nitrogens with two attached hydrogens (primary N) is 1. The van der Waals surface area contributed by atoms with Gasteiger partial charge in [-0.25, -0.2) is 4.79 Å². The Kier molecular flexibility index (Phi) is 5.94. The van der Waals surface area contributed by atoms with Crippen molar-refractivity contribution in [2.45, 2.75) is 39.3 Å². The molecule has 1 heterocycles.